The first-order valence-corrected chi connectivity index (χ1v) is 4.42. The highest BCUT2D eigenvalue weighted by molar-refractivity contribution is 5.90. The number of nitro groups is 1. The molecule has 0 aliphatic carbocycles. The third-order valence-electron chi connectivity index (χ3n) is 2.01. The third kappa shape index (κ3) is 1.95. The summed E-state index contributed by atoms with van der Waals surface area (Å²) in [5, 5.41) is 23.1. The van der Waals surface area contributed by atoms with E-state index in [4.69, 9.17) is 5.11 Å². The summed E-state index contributed by atoms with van der Waals surface area (Å²) >= 11 is 0. The lowest BCUT2D eigenvalue weighted by molar-refractivity contribution is -0.386. The van der Waals surface area contributed by atoms with Crippen molar-refractivity contribution < 1.29 is 14.8 Å². The first kappa shape index (κ1) is 11.2. The summed E-state index contributed by atoms with van der Waals surface area (Å²) < 4.78 is 1.26. The Labute approximate surface area is 85.5 Å². The molecule has 0 amide bonds. The van der Waals surface area contributed by atoms with Gasteiger partial charge in [-0.25, -0.2) is 4.79 Å². The average Bonchev–Trinajstić information content (AvgIpc) is 2.45. The summed E-state index contributed by atoms with van der Waals surface area (Å²) in [4.78, 5) is 20.7. The number of carbonyl (C=O) groups is 1. The minimum Gasteiger partial charge on any atom is -0.476 e. The van der Waals surface area contributed by atoms with Gasteiger partial charge in [-0.15, -0.1) is 0 Å². The smallest absolute Gasteiger partial charge is 0.363 e. The van der Waals surface area contributed by atoms with Crippen LogP contribution in [-0.2, 0) is 13.5 Å². The van der Waals surface area contributed by atoms with Gasteiger partial charge in [-0.3, -0.25) is 14.8 Å². The van der Waals surface area contributed by atoms with Gasteiger partial charge in [0.1, 0.15) is 5.69 Å². The number of hydrogen-bond acceptors (Lipinski definition) is 4. The highest BCUT2D eigenvalue weighted by Gasteiger charge is 2.30. The lowest BCUT2D eigenvalue weighted by Gasteiger charge is -1.97. The normalized spacial score (nSPS) is 10.3. The molecule has 0 atom stereocenters. The van der Waals surface area contributed by atoms with Gasteiger partial charge in [0, 0.05) is 7.05 Å². The molecule has 1 heterocycles. The van der Waals surface area contributed by atoms with E-state index in [2.05, 4.69) is 5.10 Å². The predicted octanol–water partition coefficient (Wildman–Crippen LogP) is 0.979. The van der Waals surface area contributed by atoms with Gasteiger partial charge < -0.3 is 5.11 Å². The Morgan fingerprint density at radius 3 is 2.67 bits per heavy atom. The quantitative estimate of drug-likeness (QED) is 0.593. The third-order valence-corrected chi connectivity index (χ3v) is 2.01. The summed E-state index contributed by atoms with van der Waals surface area (Å²) in [6.07, 6.45) is 1.13. The zero-order valence-corrected chi connectivity index (χ0v) is 8.43. The van der Waals surface area contributed by atoms with Crippen LogP contribution in [-0.4, -0.2) is 25.8 Å². The van der Waals surface area contributed by atoms with Crippen molar-refractivity contribution in [3.05, 3.63) is 21.5 Å². The van der Waals surface area contributed by atoms with Crippen LogP contribution in [0, 0.1) is 10.1 Å². The van der Waals surface area contributed by atoms with E-state index in [-0.39, 0.29) is 0 Å². The van der Waals surface area contributed by atoms with Crippen LogP contribution in [0.2, 0.25) is 0 Å². The highest BCUT2D eigenvalue weighted by atomic mass is 16.6. The fourth-order valence-corrected chi connectivity index (χ4v) is 1.40. The second-order valence-electron chi connectivity index (χ2n) is 3.08. The number of aromatic carboxylic acids is 1. The Balaban J connectivity index is 3.37. The zero-order chi connectivity index (χ0) is 11.6. The summed E-state index contributed by atoms with van der Waals surface area (Å²) in [5.74, 6) is -1.38. The van der Waals surface area contributed by atoms with Crippen LogP contribution in [0.4, 0.5) is 5.69 Å². The number of aryl methyl sites for hydroxylation is 1. The summed E-state index contributed by atoms with van der Waals surface area (Å²) in [7, 11) is 1.50. The number of carboxylic acid groups (broad SMARTS) is 1. The van der Waals surface area contributed by atoms with Crippen LogP contribution in [0.3, 0.4) is 0 Å². The molecule has 0 unspecified atom stereocenters. The maximum Gasteiger partial charge on any atom is 0.363 e. The van der Waals surface area contributed by atoms with Crippen LogP contribution in [0.25, 0.3) is 0 Å². The van der Waals surface area contributed by atoms with Crippen LogP contribution in [0.5, 0.6) is 0 Å². The fraction of sp³-hybridized carbons (Fsp3) is 0.500. The second-order valence-corrected chi connectivity index (χ2v) is 3.08. The monoisotopic (exact) mass is 213 g/mol. The minimum absolute atomic E-state index is 0.347. The molecule has 82 valence electrons. The van der Waals surface area contributed by atoms with Gasteiger partial charge in [-0.2, -0.15) is 5.10 Å². The second kappa shape index (κ2) is 4.07. The van der Waals surface area contributed by atoms with E-state index >= 15 is 0 Å². The van der Waals surface area contributed by atoms with Crippen molar-refractivity contribution in [1.82, 2.24) is 9.78 Å². The summed E-state index contributed by atoms with van der Waals surface area (Å²) in [5.41, 5.74) is -0.544. The maximum absolute atomic E-state index is 10.7. The number of hydrogen-bond donors (Lipinski definition) is 1. The predicted molar refractivity (Wildman–Crippen MR) is 50.8 cm³/mol. The Morgan fingerprint density at radius 1 is 1.67 bits per heavy atom. The first-order chi connectivity index (χ1) is 6.99. The number of aromatic nitrogens is 2. The zero-order valence-electron chi connectivity index (χ0n) is 8.43. The van der Waals surface area contributed by atoms with Crippen LogP contribution in [0.15, 0.2) is 0 Å². The molecule has 1 rings (SSSR count). The van der Waals surface area contributed by atoms with E-state index in [1.54, 1.807) is 0 Å². The molecule has 1 N–H and O–H groups in total. The average molecular weight is 213 g/mol. The lowest BCUT2D eigenvalue weighted by Crippen LogP contribution is -2.02. The van der Waals surface area contributed by atoms with Crippen molar-refractivity contribution in [3.63, 3.8) is 0 Å². The molecular weight excluding hydrogens is 202 g/mol. The van der Waals surface area contributed by atoms with Crippen molar-refractivity contribution >= 4 is 11.7 Å². The molecular formula is C8H11N3O4. The standard InChI is InChI=1S/C8H11N3O4/c1-3-4-5-7(11(14)15)6(8(12)13)9-10(5)2/h3-4H2,1-2H3,(H,12,13). The van der Waals surface area contributed by atoms with Gasteiger partial charge in [-0.1, -0.05) is 13.3 Å². The summed E-state index contributed by atoms with van der Waals surface area (Å²) in [6.45, 7) is 1.86. The Morgan fingerprint density at radius 2 is 2.27 bits per heavy atom. The molecule has 0 radical (unpaired) electrons. The van der Waals surface area contributed by atoms with Gasteiger partial charge in [0.25, 0.3) is 0 Å². The van der Waals surface area contributed by atoms with Gasteiger partial charge in [0.05, 0.1) is 4.92 Å². The van der Waals surface area contributed by atoms with Crippen molar-refractivity contribution in [2.24, 2.45) is 7.05 Å². The minimum atomic E-state index is -1.38. The Hall–Kier alpha value is -1.92. The molecule has 0 saturated carbocycles. The topological polar surface area (TPSA) is 98.3 Å². The van der Waals surface area contributed by atoms with E-state index in [9.17, 15) is 14.9 Å². The lowest BCUT2D eigenvalue weighted by atomic mass is 10.2. The largest absolute Gasteiger partial charge is 0.476 e. The molecule has 1 aromatic heterocycles. The number of carboxylic acids is 1. The van der Waals surface area contributed by atoms with E-state index < -0.39 is 22.3 Å². The van der Waals surface area contributed by atoms with Crippen molar-refractivity contribution in [2.45, 2.75) is 19.8 Å². The molecule has 0 aliphatic heterocycles. The molecule has 7 heteroatoms. The van der Waals surface area contributed by atoms with Gasteiger partial charge in [-0.05, 0) is 6.42 Å². The van der Waals surface area contributed by atoms with E-state index in [0.29, 0.717) is 18.5 Å². The molecule has 7 nitrogen and oxygen atoms in total. The van der Waals surface area contributed by atoms with E-state index in [1.165, 1.54) is 11.7 Å². The van der Waals surface area contributed by atoms with Gasteiger partial charge in [0.2, 0.25) is 5.69 Å². The van der Waals surface area contributed by atoms with Crippen molar-refractivity contribution in [2.75, 3.05) is 0 Å². The molecule has 0 aromatic carbocycles. The highest BCUT2D eigenvalue weighted by Crippen LogP contribution is 2.24. The Bertz CT molecular complexity index is 410. The molecule has 0 bridgehead atoms. The molecule has 0 saturated heterocycles. The van der Waals surface area contributed by atoms with Crippen LogP contribution >= 0.6 is 0 Å². The van der Waals surface area contributed by atoms with Crippen molar-refractivity contribution in [1.29, 1.82) is 0 Å². The van der Waals surface area contributed by atoms with E-state index in [1.807, 2.05) is 6.92 Å². The van der Waals surface area contributed by atoms with Crippen molar-refractivity contribution in [3.8, 4) is 0 Å². The first-order valence-electron chi connectivity index (χ1n) is 4.42. The molecule has 0 fully saturated rings. The fourth-order valence-electron chi connectivity index (χ4n) is 1.40. The van der Waals surface area contributed by atoms with Crippen LogP contribution < -0.4 is 0 Å². The van der Waals surface area contributed by atoms with Crippen LogP contribution in [0.1, 0.15) is 29.5 Å². The molecule has 0 aliphatic rings. The maximum atomic E-state index is 10.7. The van der Waals surface area contributed by atoms with Gasteiger partial charge in [0.15, 0.2) is 0 Å². The molecule has 15 heavy (non-hydrogen) atoms. The number of rotatable bonds is 4. The SMILES string of the molecule is CCCc1c([N+](=O)[O-])c(C(=O)O)nn1C. The van der Waals surface area contributed by atoms with Gasteiger partial charge >= 0.3 is 11.7 Å². The molecule has 0 spiro atoms. The van der Waals surface area contributed by atoms with E-state index in [0.717, 1.165) is 0 Å². The number of nitrogens with zero attached hydrogens (tertiary/aromatic N) is 3. The summed E-state index contributed by atoms with van der Waals surface area (Å²) in [6, 6.07) is 0. The Kier molecular flexibility index (Phi) is 3.03. The molecule has 1 aromatic rings.